The third-order valence-electron chi connectivity index (χ3n) is 14.3. The molecule has 0 bridgehead atoms. The number of aliphatic hydroxyl groups excluding tert-OH is 2. The fourth-order valence-corrected chi connectivity index (χ4v) is 9.64. The first-order chi connectivity index (χ1) is 33.0. The quantitative estimate of drug-likeness (QED) is 0.0321. The predicted molar refractivity (Wildman–Crippen MR) is 292 cm³/mol. The molecule has 3 N–H and O–H groups in total. The second kappa shape index (κ2) is 57.2. The molecule has 0 aliphatic heterocycles. The van der Waals surface area contributed by atoms with E-state index in [-0.39, 0.29) is 18.5 Å². The molecule has 0 aromatic carbocycles. The van der Waals surface area contributed by atoms with Gasteiger partial charge in [0.25, 0.3) is 0 Å². The van der Waals surface area contributed by atoms with E-state index in [4.69, 9.17) is 4.74 Å². The number of rotatable bonds is 57. The van der Waals surface area contributed by atoms with Gasteiger partial charge < -0.3 is 20.3 Å². The summed E-state index contributed by atoms with van der Waals surface area (Å²) in [6, 6.07) is -0.556. The Hall–Kier alpha value is -1.40. The van der Waals surface area contributed by atoms with Crippen LogP contribution in [0.3, 0.4) is 0 Å². The maximum absolute atomic E-state index is 12.5. The fourth-order valence-electron chi connectivity index (χ4n) is 9.64. The lowest BCUT2D eigenvalue weighted by molar-refractivity contribution is -0.143. The lowest BCUT2D eigenvalue weighted by atomic mass is 10.0. The molecule has 0 saturated heterocycles. The number of amides is 1. The van der Waals surface area contributed by atoms with Crippen molar-refractivity contribution in [3.63, 3.8) is 0 Å². The van der Waals surface area contributed by atoms with Crippen LogP contribution in [0.5, 0.6) is 0 Å². The molecule has 0 rings (SSSR count). The Labute approximate surface area is 419 Å². The van der Waals surface area contributed by atoms with E-state index in [0.29, 0.717) is 25.9 Å². The molecule has 0 aliphatic carbocycles. The van der Waals surface area contributed by atoms with Crippen molar-refractivity contribution in [1.82, 2.24) is 5.32 Å². The summed E-state index contributed by atoms with van der Waals surface area (Å²) in [6.07, 6.45) is 67.8. The van der Waals surface area contributed by atoms with Gasteiger partial charge in [0.2, 0.25) is 5.91 Å². The van der Waals surface area contributed by atoms with E-state index in [1.54, 1.807) is 0 Å². The molecule has 0 saturated carbocycles. The number of hydrogen-bond acceptors (Lipinski definition) is 5. The minimum Gasteiger partial charge on any atom is -0.466 e. The number of nitrogens with one attached hydrogen (secondary N) is 1. The third-order valence-corrected chi connectivity index (χ3v) is 14.3. The van der Waals surface area contributed by atoms with Crippen molar-refractivity contribution in [2.75, 3.05) is 13.2 Å². The van der Waals surface area contributed by atoms with Gasteiger partial charge in [0, 0.05) is 12.8 Å². The highest BCUT2D eigenvalue weighted by atomic mass is 16.5. The van der Waals surface area contributed by atoms with Gasteiger partial charge in [-0.3, -0.25) is 9.59 Å². The molecule has 0 aliphatic rings. The lowest BCUT2D eigenvalue weighted by Crippen LogP contribution is -2.45. The average Bonchev–Trinajstić information content (AvgIpc) is 3.33. The van der Waals surface area contributed by atoms with Gasteiger partial charge in [-0.25, -0.2) is 0 Å². The highest BCUT2D eigenvalue weighted by molar-refractivity contribution is 5.76. The Morgan fingerprint density at radius 1 is 0.403 bits per heavy atom. The number of ether oxygens (including phenoxy) is 1. The molecule has 2 unspecified atom stereocenters. The van der Waals surface area contributed by atoms with Gasteiger partial charge >= 0.3 is 5.97 Å². The standard InChI is InChI=1S/C61H119NO5/c1-3-5-7-9-11-13-15-17-19-21-23-25-26-28-30-33-37-41-45-49-53-59(64)58(57-63)62-60(65)54-50-46-42-38-34-32-36-40-44-48-52-56-67-61(66)55-51-47-43-39-35-31-29-27-24-22-20-18-16-14-12-10-8-6-4-2/h18,20,58-59,63-64H,3-17,19,21-57H2,1-2H3,(H,62,65)/b20-18-. The van der Waals surface area contributed by atoms with E-state index in [9.17, 15) is 19.8 Å². The second-order valence-electron chi connectivity index (χ2n) is 21.0. The van der Waals surface area contributed by atoms with Crippen LogP contribution >= 0.6 is 0 Å². The Bertz CT molecular complexity index is 1000. The first kappa shape index (κ1) is 65.6. The summed E-state index contributed by atoms with van der Waals surface area (Å²) in [5.41, 5.74) is 0. The molecule has 0 aromatic rings. The molecule has 1 amide bonds. The van der Waals surface area contributed by atoms with E-state index in [1.807, 2.05) is 0 Å². The topological polar surface area (TPSA) is 95.9 Å². The van der Waals surface area contributed by atoms with Gasteiger partial charge in [-0.05, 0) is 51.4 Å². The van der Waals surface area contributed by atoms with Crippen molar-refractivity contribution in [2.24, 2.45) is 0 Å². The first-order valence-electron chi connectivity index (χ1n) is 30.4. The van der Waals surface area contributed by atoms with Gasteiger partial charge in [-0.1, -0.05) is 289 Å². The number of allylic oxidation sites excluding steroid dienone is 2. The molecular weight excluding hydrogens is 827 g/mol. The number of carbonyl (C=O) groups excluding carboxylic acids is 2. The van der Waals surface area contributed by atoms with E-state index in [1.165, 1.54) is 250 Å². The summed E-state index contributed by atoms with van der Waals surface area (Å²) in [7, 11) is 0. The predicted octanol–water partition coefficient (Wildman–Crippen LogP) is 18.9. The average molecular weight is 947 g/mol. The SMILES string of the molecule is CCCCCCCC/C=C\CCCCCCCCCCCC(=O)OCCCCCCCCCCCCCC(=O)NC(CO)C(O)CCCCCCCCCCCCCCCCCCCCCC. The molecule has 0 aromatic heterocycles. The van der Waals surface area contributed by atoms with Gasteiger partial charge in [-0.2, -0.15) is 0 Å². The molecule has 67 heavy (non-hydrogen) atoms. The molecule has 6 nitrogen and oxygen atoms in total. The van der Waals surface area contributed by atoms with E-state index < -0.39 is 12.1 Å². The van der Waals surface area contributed by atoms with E-state index in [0.717, 1.165) is 57.8 Å². The Kier molecular flexibility index (Phi) is 56.0. The smallest absolute Gasteiger partial charge is 0.305 e. The summed E-state index contributed by atoms with van der Waals surface area (Å²) < 4.78 is 5.48. The Morgan fingerprint density at radius 3 is 1.06 bits per heavy atom. The second-order valence-corrected chi connectivity index (χ2v) is 21.0. The van der Waals surface area contributed by atoms with Crippen LogP contribution in [-0.4, -0.2) is 47.4 Å². The fraction of sp³-hybridized carbons (Fsp3) is 0.934. The van der Waals surface area contributed by atoms with Crippen LogP contribution in [0.2, 0.25) is 0 Å². The first-order valence-corrected chi connectivity index (χ1v) is 30.4. The summed E-state index contributed by atoms with van der Waals surface area (Å²) in [5.74, 6) is -0.0628. The highest BCUT2D eigenvalue weighted by Crippen LogP contribution is 2.18. The molecule has 0 spiro atoms. The minimum atomic E-state index is -0.677. The molecule has 0 heterocycles. The summed E-state index contributed by atoms with van der Waals surface area (Å²) >= 11 is 0. The number of carbonyl (C=O) groups is 2. The van der Waals surface area contributed by atoms with Crippen LogP contribution in [0.25, 0.3) is 0 Å². The van der Waals surface area contributed by atoms with E-state index in [2.05, 4.69) is 31.3 Å². The summed E-state index contributed by atoms with van der Waals surface area (Å²) in [4.78, 5) is 24.6. The zero-order valence-electron chi connectivity index (χ0n) is 45.4. The monoisotopic (exact) mass is 946 g/mol. The largest absolute Gasteiger partial charge is 0.466 e. The maximum Gasteiger partial charge on any atom is 0.305 e. The van der Waals surface area contributed by atoms with Gasteiger partial charge in [0.15, 0.2) is 0 Å². The minimum absolute atomic E-state index is 0.0127. The third kappa shape index (κ3) is 53.8. The van der Waals surface area contributed by atoms with E-state index >= 15 is 0 Å². The van der Waals surface area contributed by atoms with Gasteiger partial charge in [-0.15, -0.1) is 0 Å². The summed E-state index contributed by atoms with van der Waals surface area (Å²) in [5, 5.41) is 23.3. The highest BCUT2D eigenvalue weighted by Gasteiger charge is 2.20. The van der Waals surface area contributed by atoms with Gasteiger partial charge in [0.1, 0.15) is 0 Å². The van der Waals surface area contributed by atoms with Crippen LogP contribution in [0.15, 0.2) is 12.2 Å². The number of esters is 1. The van der Waals surface area contributed by atoms with Crippen molar-refractivity contribution in [3.8, 4) is 0 Å². The maximum atomic E-state index is 12.5. The molecule has 398 valence electrons. The van der Waals surface area contributed by atoms with Crippen molar-refractivity contribution >= 4 is 11.9 Å². The van der Waals surface area contributed by atoms with Crippen LogP contribution in [0, 0.1) is 0 Å². The zero-order valence-corrected chi connectivity index (χ0v) is 45.4. The Morgan fingerprint density at radius 2 is 0.701 bits per heavy atom. The normalized spacial score (nSPS) is 12.6. The van der Waals surface area contributed by atoms with Crippen LogP contribution in [0.1, 0.15) is 341 Å². The number of aliphatic hydroxyl groups is 2. The van der Waals surface area contributed by atoms with Crippen LogP contribution in [0.4, 0.5) is 0 Å². The molecule has 0 fully saturated rings. The lowest BCUT2D eigenvalue weighted by Gasteiger charge is -2.22. The van der Waals surface area contributed by atoms with Crippen molar-refractivity contribution in [1.29, 1.82) is 0 Å². The number of unbranched alkanes of at least 4 members (excludes halogenated alkanes) is 44. The molecule has 2 atom stereocenters. The molecule has 0 radical (unpaired) electrons. The van der Waals surface area contributed by atoms with Crippen molar-refractivity contribution in [3.05, 3.63) is 12.2 Å². The molecular formula is C61H119NO5. The van der Waals surface area contributed by atoms with Gasteiger partial charge in [0.05, 0.1) is 25.4 Å². The Balaban J connectivity index is 3.44. The number of hydrogen-bond donors (Lipinski definition) is 3. The van der Waals surface area contributed by atoms with Crippen molar-refractivity contribution in [2.45, 2.75) is 353 Å². The van der Waals surface area contributed by atoms with Crippen LogP contribution in [-0.2, 0) is 14.3 Å². The van der Waals surface area contributed by atoms with Crippen LogP contribution < -0.4 is 5.32 Å². The van der Waals surface area contributed by atoms with Crippen molar-refractivity contribution < 1.29 is 24.5 Å². The molecule has 6 heteroatoms. The summed E-state index contributed by atoms with van der Waals surface area (Å²) in [6.45, 7) is 4.94. The zero-order chi connectivity index (χ0) is 48.6.